The van der Waals surface area contributed by atoms with Crippen molar-refractivity contribution in [1.29, 1.82) is 0 Å². The lowest BCUT2D eigenvalue weighted by molar-refractivity contribution is -0.129. The summed E-state index contributed by atoms with van der Waals surface area (Å²) in [4.78, 5) is 13.7. The summed E-state index contributed by atoms with van der Waals surface area (Å²) in [7, 11) is 1.63. The Hall–Kier alpha value is -1.81. The van der Waals surface area contributed by atoms with Crippen LogP contribution in [0.3, 0.4) is 0 Å². The van der Waals surface area contributed by atoms with E-state index in [1.165, 1.54) is 0 Å². The summed E-state index contributed by atoms with van der Waals surface area (Å²) in [5, 5.41) is 0. The molecule has 18 heavy (non-hydrogen) atoms. The van der Waals surface area contributed by atoms with Crippen LogP contribution in [0.25, 0.3) is 6.08 Å². The van der Waals surface area contributed by atoms with E-state index in [4.69, 9.17) is 9.47 Å². The molecule has 0 N–H and O–H groups in total. The Morgan fingerprint density at radius 1 is 1.39 bits per heavy atom. The first kappa shape index (κ1) is 12.6. The van der Waals surface area contributed by atoms with E-state index in [9.17, 15) is 4.79 Å². The lowest BCUT2D eigenvalue weighted by atomic mass is 10.2. The van der Waals surface area contributed by atoms with Gasteiger partial charge in [-0.05, 0) is 23.8 Å². The van der Waals surface area contributed by atoms with E-state index in [0.717, 1.165) is 11.3 Å². The van der Waals surface area contributed by atoms with Crippen LogP contribution in [0.15, 0.2) is 30.3 Å². The Bertz CT molecular complexity index is 436. The highest BCUT2D eigenvalue weighted by Gasteiger charge is 2.13. The molecule has 1 aromatic carbocycles. The zero-order chi connectivity index (χ0) is 12.8. The minimum Gasteiger partial charge on any atom is -0.497 e. The van der Waals surface area contributed by atoms with Crippen molar-refractivity contribution in [3.8, 4) is 5.75 Å². The largest absolute Gasteiger partial charge is 0.497 e. The maximum absolute atomic E-state index is 11.9. The molecular weight excluding hydrogens is 230 g/mol. The summed E-state index contributed by atoms with van der Waals surface area (Å²) < 4.78 is 10.3. The van der Waals surface area contributed by atoms with Gasteiger partial charge in [-0.2, -0.15) is 0 Å². The summed E-state index contributed by atoms with van der Waals surface area (Å²) in [5.41, 5.74) is 0.955. The molecule has 1 heterocycles. The van der Waals surface area contributed by atoms with E-state index in [1.54, 1.807) is 24.2 Å². The zero-order valence-electron chi connectivity index (χ0n) is 10.5. The first-order valence-electron chi connectivity index (χ1n) is 5.98. The number of ether oxygens (including phenoxy) is 2. The Morgan fingerprint density at radius 2 is 2.17 bits per heavy atom. The quantitative estimate of drug-likeness (QED) is 0.761. The van der Waals surface area contributed by atoms with Crippen LogP contribution < -0.4 is 4.74 Å². The van der Waals surface area contributed by atoms with Crippen LogP contribution in [-0.4, -0.2) is 44.2 Å². The van der Waals surface area contributed by atoms with Gasteiger partial charge in [0.1, 0.15) is 5.75 Å². The van der Waals surface area contributed by atoms with E-state index in [0.29, 0.717) is 26.3 Å². The van der Waals surface area contributed by atoms with Crippen LogP contribution in [0, 0.1) is 0 Å². The third kappa shape index (κ3) is 3.34. The van der Waals surface area contributed by atoms with Crippen molar-refractivity contribution in [3.05, 3.63) is 35.9 Å². The molecule has 0 bridgehead atoms. The summed E-state index contributed by atoms with van der Waals surface area (Å²) in [5.74, 6) is 0.817. The zero-order valence-corrected chi connectivity index (χ0v) is 10.5. The molecule has 0 aromatic heterocycles. The third-order valence-corrected chi connectivity index (χ3v) is 2.83. The number of methoxy groups -OCH3 is 1. The SMILES string of the molecule is COc1cccc(/C=C/C(=O)N2CCOCC2)c1. The first-order valence-corrected chi connectivity index (χ1v) is 5.98. The van der Waals surface area contributed by atoms with Crippen molar-refractivity contribution >= 4 is 12.0 Å². The second-order valence-corrected chi connectivity index (χ2v) is 4.05. The van der Waals surface area contributed by atoms with Crippen molar-refractivity contribution in [3.63, 3.8) is 0 Å². The molecule has 0 unspecified atom stereocenters. The van der Waals surface area contributed by atoms with Gasteiger partial charge in [-0.3, -0.25) is 4.79 Å². The van der Waals surface area contributed by atoms with E-state index < -0.39 is 0 Å². The number of morpholine rings is 1. The van der Waals surface area contributed by atoms with Crippen LogP contribution in [0.2, 0.25) is 0 Å². The van der Waals surface area contributed by atoms with Gasteiger partial charge in [0.15, 0.2) is 0 Å². The average Bonchev–Trinajstić information content (AvgIpc) is 2.46. The Labute approximate surface area is 107 Å². The normalized spacial score (nSPS) is 15.9. The molecule has 0 radical (unpaired) electrons. The molecule has 0 aliphatic carbocycles. The maximum atomic E-state index is 11.9. The van der Waals surface area contributed by atoms with E-state index in [2.05, 4.69) is 0 Å². The molecule has 0 saturated carbocycles. The van der Waals surface area contributed by atoms with Crippen LogP contribution >= 0.6 is 0 Å². The van der Waals surface area contributed by atoms with Crippen molar-refractivity contribution in [2.75, 3.05) is 33.4 Å². The summed E-state index contributed by atoms with van der Waals surface area (Å²) >= 11 is 0. The Balaban J connectivity index is 1.98. The van der Waals surface area contributed by atoms with Crippen molar-refractivity contribution in [1.82, 2.24) is 4.90 Å². The molecule has 4 heteroatoms. The molecule has 4 nitrogen and oxygen atoms in total. The molecule has 96 valence electrons. The van der Waals surface area contributed by atoms with E-state index >= 15 is 0 Å². The number of hydrogen-bond donors (Lipinski definition) is 0. The molecule has 2 rings (SSSR count). The molecule has 1 aliphatic heterocycles. The fraction of sp³-hybridized carbons (Fsp3) is 0.357. The topological polar surface area (TPSA) is 38.8 Å². The van der Waals surface area contributed by atoms with Crippen molar-refractivity contribution in [2.24, 2.45) is 0 Å². The summed E-state index contributed by atoms with van der Waals surface area (Å²) in [6.07, 6.45) is 3.40. The van der Waals surface area contributed by atoms with Crippen LogP contribution in [0.5, 0.6) is 5.75 Å². The van der Waals surface area contributed by atoms with Gasteiger partial charge in [-0.25, -0.2) is 0 Å². The molecule has 1 aromatic rings. The van der Waals surface area contributed by atoms with Gasteiger partial charge in [0.25, 0.3) is 0 Å². The Kier molecular flexibility index (Phi) is 4.36. The van der Waals surface area contributed by atoms with Gasteiger partial charge in [0.05, 0.1) is 20.3 Å². The lowest BCUT2D eigenvalue weighted by Gasteiger charge is -2.25. The molecule has 0 atom stereocenters. The predicted molar refractivity (Wildman–Crippen MR) is 69.4 cm³/mol. The number of nitrogens with zero attached hydrogens (tertiary/aromatic N) is 1. The molecule has 1 amide bonds. The number of carbonyl (C=O) groups excluding carboxylic acids is 1. The number of amides is 1. The molecular formula is C14H17NO3. The second-order valence-electron chi connectivity index (χ2n) is 4.05. The van der Waals surface area contributed by atoms with Crippen LogP contribution in [0.1, 0.15) is 5.56 Å². The van der Waals surface area contributed by atoms with Gasteiger partial charge in [-0.1, -0.05) is 12.1 Å². The van der Waals surface area contributed by atoms with Gasteiger partial charge < -0.3 is 14.4 Å². The Morgan fingerprint density at radius 3 is 2.89 bits per heavy atom. The minimum atomic E-state index is 0.0288. The maximum Gasteiger partial charge on any atom is 0.246 e. The minimum absolute atomic E-state index is 0.0288. The van der Waals surface area contributed by atoms with Crippen molar-refractivity contribution < 1.29 is 14.3 Å². The van der Waals surface area contributed by atoms with Gasteiger partial charge in [0.2, 0.25) is 5.91 Å². The summed E-state index contributed by atoms with van der Waals surface area (Å²) in [6.45, 7) is 2.58. The molecule has 1 fully saturated rings. The van der Waals surface area contributed by atoms with Crippen LogP contribution in [0.4, 0.5) is 0 Å². The average molecular weight is 247 g/mol. The monoisotopic (exact) mass is 247 g/mol. The van der Waals surface area contributed by atoms with E-state index in [-0.39, 0.29) is 5.91 Å². The predicted octanol–water partition coefficient (Wildman–Crippen LogP) is 1.57. The highest BCUT2D eigenvalue weighted by Crippen LogP contribution is 2.13. The molecule has 1 saturated heterocycles. The van der Waals surface area contributed by atoms with Gasteiger partial charge in [0, 0.05) is 19.2 Å². The molecule has 0 spiro atoms. The fourth-order valence-corrected chi connectivity index (χ4v) is 1.80. The standard InChI is InChI=1S/C14H17NO3/c1-17-13-4-2-3-12(11-13)5-6-14(16)15-7-9-18-10-8-15/h2-6,11H,7-10H2,1H3/b6-5+. The number of rotatable bonds is 3. The van der Waals surface area contributed by atoms with Gasteiger partial charge in [-0.15, -0.1) is 0 Å². The first-order chi connectivity index (χ1) is 8.79. The van der Waals surface area contributed by atoms with Crippen molar-refractivity contribution in [2.45, 2.75) is 0 Å². The highest BCUT2D eigenvalue weighted by molar-refractivity contribution is 5.91. The second kappa shape index (κ2) is 6.21. The molecule has 1 aliphatic rings. The lowest BCUT2D eigenvalue weighted by Crippen LogP contribution is -2.39. The third-order valence-electron chi connectivity index (χ3n) is 2.83. The smallest absolute Gasteiger partial charge is 0.246 e. The van der Waals surface area contributed by atoms with Gasteiger partial charge >= 0.3 is 0 Å². The highest BCUT2D eigenvalue weighted by atomic mass is 16.5. The fourth-order valence-electron chi connectivity index (χ4n) is 1.80. The number of hydrogen-bond acceptors (Lipinski definition) is 3. The van der Waals surface area contributed by atoms with E-state index in [1.807, 2.05) is 24.3 Å². The van der Waals surface area contributed by atoms with Crippen LogP contribution in [-0.2, 0) is 9.53 Å². The number of benzene rings is 1. The number of carbonyl (C=O) groups is 1. The summed E-state index contributed by atoms with van der Waals surface area (Å²) in [6, 6.07) is 7.60.